The summed E-state index contributed by atoms with van der Waals surface area (Å²) in [6, 6.07) is 38.0. The van der Waals surface area contributed by atoms with E-state index in [-0.39, 0.29) is 11.5 Å². The Labute approximate surface area is 397 Å². The number of nitrogens with zero attached hydrogens (tertiary/aromatic N) is 5. The highest BCUT2D eigenvalue weighted by Gasteiger charge is 2.47. The first kappa shape index (κ1) is 39.9. The van der Waals surface area contributed by atoms with Gasteiger partial charge in [-0.15, -0.1) is 0 Å². The predicted molar refractivity (Wildman–Crippen MR) is 274 cm³/mol. The van der Waals surface area contributed by atoms with E-state index >= 15 is 0 Å². The van der Waals surface area contributed by atoms with Gasteiger partial charge in [0.2, 0.25) is 0 Å². The number of hydrogen-bond acceptors (Lipinski definition) is 6. The van der Waals surface area contributed by atoms with Crippen molar-refractivity contribution < 1.29 is 4.42 Å². The van der Waals surface area contributed by atoms with Gasteiger partial charge in [-0.3, -0.25) is 0 Å². The van der Waals surface area contributed by atoms with Gasteiger partial charge in [0, 0.05) is 73.8 Å². The molecule has 2 aliphatic heterocycles. The van der Waals surface area contributed by atoms with Gasteiger partial charge in [-0.05, 0) is 109 Å². The first-order chi connectivity index (χ1) is 33.5. The number of nitrogens with one attached hydrogen (secondary N) is 1. The quantitative estimate of drug-likeness (QED) is 0.187. The molecule has 68 heavy (non-hydrogen) atoms. The summed E-state index contributed by atoms with van der Waals surface area (Å²) in [5.41, 5.74) is 20.5. The van der Waals surface area contributed by atoms with Gasteiger partial charge in [-0.2, -0.15) is 5.26 Å². The van der Waals surface area contributed by atoms with Crippen LogP contribution < -0.4 is 20.9 Å². The molecule has 4 unspecified atom stereocenters. The summed E-state index contributed by atoms with van der Waals surface area (Å²) in [5, 5.41) is 17.6. The highest BCUT2D eigenvalue weighted by molar-refractivity contribution is 6.16. The molecule has 2 aromatic heterocycles. The molecule has 8 aliphatic rings. The number of para-hydroxylation sites is 2. The lowest BCUT2D eigenvalue weighted by Gasteiger charge is -2.40. The Bertz CT molecular complexity index is 3540. The number of allylic oxidation sites excluding steroid dienone is 5. The number of aromatic nitrogens is 1. The van der Waals surface area contributed by atoms with Gasteiger partial charge in [0.15, 0.2) is 6.17 Å². The molecule has 4 heterocycles. The second-order valence-electron chi connectivity index (χ2n) is 20.6. The lowest BCUT2D eigenvalue weighted by molar-refractivity contribution is 0.391. The van der Waals surface area contributed by atoms with E-state index in [1.165, 1.54) is 75.3 Å². The standard InChI is InChI=1S/C61H54N6O/c1-61(2)47-26-11-6-23-44(47)55-48(61)32-31-42-40-21-9-14-29-51(40)67(56(42)55)53-34-52(66-49-27-12-7-19-38(49)39-20-8-13-28-50(39)66)37(35-62)33-46(53)60-64-58(36-17-4-3-5-18-36)63-59(65-60)45-25-16-24-43-41-22-10-15-30-54(41)68-57(43)45/h3-7,11-12,14,16-19,22-27,29-30,33,39,50,53,59H,8-10,13,15,20-21,28,31-32,34H2,1-2H3,(H,63,64,65). The summed E-state index contributed by atoms with van der Waals surface area (Å²) in [6.07, 6.45) is 22.4. The molecule has 0 amide bonds. The molecule has 7 heteroatoms. The van der Waals surface area contributed by atoms with Crippen molar-refractivity contribution in [1.29, 1.82) is 5.26 Å². The zero-order valence-corrected chi connectivity index (χ0v) is 38.9. The first-order valence-electron chi connectivity index (χ1n) is 25.2. The van der Waals surface area contributed by atoms with Gasteiger partial charge in [-0.1, -0.05) is 130 Å². The fraction of sp³-hybridized carbons (Fsp3) is 0.295. The fourth-order valence-electron chi connectivity index (χ4n) is 13.8. The minimum absolute atomic E-state index is 0.0838. The smallest absolute Gasteiger partial charge is 0.173 e. The van der Waals surface area contributed by atoms with Crippen molar-refractivity contribution in [3.63, 3.8) is 0 Å². The number of benzene rings is 4. The first-order valence-corrected chi connectivity index (χ1v) is 25.2. The monoisotopic (exact) mass is 886 g/mol. The van der Waals surface area contributed by atoms with Gasteiger partial charge >= 0.3 is 0 Å². The third kappa shape index (κ3) is 5.76. The van der Waals surface area contributed by atoms with Crippen molar-refractivity contribution in [1.82, 2.24) is 9.88 Å². The molecule has 1 N–H and O–H groups in total. The van der Waals surface area contributed by atoms with Crippen LogP contribution in [0.1, 0.15) is 140 Å². The second kappa shape index (κ2) is 15.2. The summed E-state index contributed by atoms with van der Waals surface area (Å²) in [7, 11) is 0. The van der Waals surface area contributed by atoms with Crippen LogP contribution in [0.2, 0.25) is 0 Å². The molecule has 0 bridgehead atoms. The molecular formula is C61H54N6O. The maximum atomic E-state index is 11.5. The Morgan fingerprint density at radius 2 is 1.60 bits per heavy atom. The van der Waals surface area contributed by atoms with Crippen molar-refractivity contribution in [2.45, 2.75) is 114 Å². The highest BCUT2D eigenvalue weighted by Crippen LogP contribution is 2.57. The average Bonchev–Trinajstić information content (AvgIpc) is 4.11. The van der Waals surface area contributed by atoms with E-state index < -0.39 is 6.17 Å². The number of anilines is 1. The Kier molecular flexibility index (Phi) is 8.91. The van der Waals surface area contributed by atoms with E-state index in [9.17, 15) is 5.26 Å². The number of hydrogen-bond donors (Lipinski definition) is 1. The molecule has 334 valence electrons. The summed E-state index contributed by atoms with van der Waals surface area (Å²) in [5.74, 6) is 1.96. The SMILES string of the molecule is CC1(C)C2=C(c3ccccc31)c1c(c3c(n1C1CC(N4c5ccccc5C5CCCCC54)=C(C#N)C=C1C1=NC(c4cccc5c6c(oc45)=CCCC=6)N=C(c4ccccc4)N1)C=CCC3)CC2. The second-order valence-corrected chi connectivity index (χ2v) is 20.6. The fourth-order valence-corrected chi connectivity index (χ4v) is 13.8. The molecular weight excluding hydrogens is 833 g/mol. The molecule has 0 radical (unpaired) electrons. The Morgan fingerprint density at radius 1 is 0.794 bits per heavy atom. The number of aliphatic imine (C=N–C) groups is 2. The molecule has 0 spiro atoms. The zero-order chi connectivity index (χ0) is 45.3. The van der Waals surface area contributed by atoms with Crippen molar-refractivity contribution in [3.05, 3.63) is 193 Å². The maximum Gasteiger partial charge on any atom is 0.173 e. The van der Waals surface area contributed by atoms with Crippen LogP contribution in [-0.2, 0) is 18.3 Å². The van der Waals surface area contributed by atoms with Crippen LogP contribution in [0.25, 0.3) is 34.8 Å². The van der Waals surface area contributed by atoms with Crippen molar-refractivity contribution >= 4 is 52.1 Å². The van der Waals surface area contributed by atoms with E-state index in [2.05, 4.69) is 162 Å². The molecule has 1 fully saturated rings. The minimum atomic E-state index is -0.590. The van der Waals surface area contributed by atoms with E-state index in [4.69, 9.17) is 14.4 Å². The van der Waals surface area contributed by atoms with Gasteiger partial charge < -0.3 is 19.2 Å². The Hall–Kier alpha value is -7.17. The number of rotatable bonds is 5. The molecule has 0 saturated heterocycles. The predicted octanol–water partition coefficient (Wildman–Crippen LogP) is 11.9. The van der Waals surface area contributed by atoms with Crippen LogP contribution in [-0.4, -0.2) is 22.3 Å². The third-order valence-electron chi connectivity index (χ3n) is 16.8. The molecule has 4 aromatic carbocycles. The molecule has 14 rings (SSSR count). The van der Waals surface area contributed by atoms with Crippen LogP contribution in [0.3, 0.4) is 0 Å². The minimum Gasteiger partial charge on any atom is -0.456 e. The molecule has 4 atom stereocenters. The van der Waals surface area contributed by atoms with E-state index in [0.29, 0.717) is 24.0 Å². The number of amidine groups is 2. The zero-order valence-electron chi connectivity index (χ0n) is 38.9. The molecule has 6 aromatic rings. The van der Waals surface area contributed by atoms with Crippen molar-refractivity contribution in [2.75, 3.05) is 4.90 Å². The van der Waals surface area contributed by atoms with E-state index in [1.807, 2.05) is 0 Å². The van der Waals surface area contributed by atoms with Crippen LogP contribution in [0.5, 0.6) is 0 Å². The van der Waals surface area contributed by atoms with Gasteiger partial charge in [0.25, 0.3) is 0 Å². The summed E-state index contributed by atoms with van der Waals surface area (Å²) in [6.45, 7) is 4.86. The van der Waals surface area contributed by atoms with Crippen LogP contribution >= 0.6 is 0 Å². The normalized spacial score (nSPS) is 23.9. The van der Waals surface area contributed by atoms with Crippen LogP contribution in [0, 0.1) is 11.3 Å². The number of fused-ring (bicyclic) bond motifs is 12. The lowest BCUT2D eigenvalue weighted by atomic mass is 9.76. The van der Waals surface area contributed by atoms with E-state index in [0.717, 1.165) is 101 Å². The number of nitriles is 1. The average molecular weight is 887 g/mol. The largest absolute Gasteiger partial charge is 0.456 e. The lowest BCUT2D eigenvalue weighted by Crippen LogP contribution is -2.42. The molecule has 6 aliphatic carbocycles. The van der Waals surface area contributed by atoms with E-state index in [1.54, 1.807) is 0 Å². The van der Waals surface area contributed by atoms with Gasteiger partial charge in [0.1, 0.15) is 28.7 Å². The Balaban J connectivity index is 1.03. The molecule has 1 saturated carbocycles. The van der Waals surface area contributed by atoms with Crippen LogP contribution in [0.15, 0.2) is 146 Å². The van der Waals surface area contributed by atoms with Crippen molar-refractivity contribution in [2.24, 2.45) is 9.98 Å². The van der Waals surface area contributed by atoms with Gasteiger partial charge in [0.05, 0.1) is 17.3 Å². The topological polar surface area (TPSA) is 81.8 Å². The third-order valence-corrected chi connectivity index (χ3v) is 16.8. The summed E-state index contributed by atoms with van der Waals surface area (Å²) < 4.78 is 9.46. The highest BCUT2D eigenvalue weighted by atomic mass is 16.3. The summed E-state index contributed by atoms with van der Waals surface area (Å²) >= 11 is 0. The molecule has 7 nitrogen and oxygen atoms in total. The van der Waals surface area contributed by atoms with Crippen molar-refractivity contribution in [3.8, 4) is 6.07 Å². The van der Waals surface area contributed by atoms with Crippen LogP contribution in [0.4, 0.5) is 5.69 Å². The van der Waals surface area contributed by atoms with Gasteiger partial charge in [-0.25, -0.2) is 9.98 Å². The maximum absolute atomic E-state index is 11.5. The Morgan fingerprint density at radius 3 is 2.51 bits per heavy atom. The summed E-state index contributed by atoms with van der Waals surface area (Å²) in [4.78, 5) is 13.7. The number of furan rings is 1.